The van der Waals surface area contributed by atoms with E-state index in [-0.39, 0.29) is 10.6 Å². The fourth-order valence-electron chi connectivity index (χ4n) is 2.68. The Morgan fingerprint density at radius 3 is 2.42 bits per heavy atom. The Bertz CT molecular complexity index is 1130. The minimum atomic E-state index is -3.93. The number of rotatable bonds is 5. The van der Waals surface area contributed by atoms with Crippen molar-refractivity contribution in [1.29, 1.82) is 0 Å². The van der Waals surface area contributed by atoms with Gasteiger partial charge in [-0.2, -0.15) is 0 Å². The van der Waals surface area contributed by atoms with Crippen LogP contribution in [0.1, 0.15) is 18.1 Å². The summed E-state index contributed by atoms with van der Waals surface area (Å²) in [6, 6.07) is 11.8. The molecule has 0 atom stereocenters. The van der Waals surface area contributed by atoms with Crippen LogP contribution in [-0.4, -0.2) is 15.0 Å². The molecule has 0 bridgehead atoms. The van der Waals surface area contributed by atoms with Gasteiger partial charge in [-0.1, -0.05) is 18.2 Å². The standard InChI is InChI=1S/C19H20N2O4S/c1-4-20-17-15-7-5-6-8-16(15)25-19(22)18(17)21-26(23,24)14-10-9-12(2)13(3)11-14/h5-11,20-21H,4H2,1-3H3. The molecule has 0 fully saturated rings. The number of fused-ring (bicyclic) bond motifs is 1. The van der Waals surface area contributed by atoms with Crippen LogP contribution >= 0.6 is 0 Å². The largest absolute Gasteiger partial charge is 0.421 e. The molecular formula is C19H20N2O4S. The lowest BCUT2D eigenvalue weighted by atomic mass is 10.1. The highest BCUT2D eigenvalue weighted by Crippen LogP contribution is 2.30. The molecule has 1 heterocycles. The number of sulfonamides is 1. The van der Waals surface area contributed by atoms with Gasteiger partial charge in [-0.05, 0) is 56.2 Å². The van der Waals surface area contributed by atoms with Crippen molar-refractivity contribution in [2.24, 2.45) is 0 Å². The van der Waals surface area contributed by atoms with Crippen LogP contribution in [-0.2, 0) is 10.0 Å². The van der Waals surface area contributed by atoms with Crippen LogP contribution in [0.5, 0.6) is 0 Å². The molecule has 6 nitrogen and oxygen atoms in total. The van der Waals surface area contributed by atoms with Gasteiger partial charge in [0.1, 0.15) is 5.58 Å². The molecule has 0 spiro atoms. The second-order valence-electron chi connectivity index (χ2n) is 6.02. The molecule has 26 heavy (non-hydrogen) atoms. The Morgan fingerprint density at radius 2 is 1.73 bits per heavy atom. The van der Waals surface area contributed by atoms with E-state index in [9.17, 15) is 13.2 Å². The van der Waals surface area contributed by atoms with E-state index >= 15 is 0 Å². The van der Waals surface area contributed by atoms with E-state index < -0.39 is 15.6 Å². The molecule has 0 aliphatic carbocycles. The zero-order valence-corrected chi connectivity index (χ0v) is 15.6. The fourth-order valence-corrected chi connectivity index (χ4v) is 3.83. The van der Waals surface area contributed by atoms with Crippen molar-refractivity contribution in [3.8, 4) is 0 Å². The molecule has 0 amide bonds. The van der Waals surface area contributed by atoms with Crippen LogP contribution in [0.4, 0.5) is 11.4 Å². The zero-order valence-electron chi connectivity index (χ0n) is 14.8. The van der Waals surface area contributed by atoms with E-state index in [2.05, 4.69) is 10.0 Å². The third-order valence-electron chi connectivity index (χ3n) is 4.19. The quantitative estimate of drug-likeness (QED) is 0.668. The van der Waals surface area contributed by atoms with Crippen molar-refractivity contribution in [1.82, 2.24) is 0 Å². The molecule has 3 rings (SSSR count). The minimum Gasteiger partial charge on any atom is -0.421 e. The van der Waals surface area contributed by atoms with Crippen LogP contribution in [0, 0.1) is 13.8 Å². The lowest BCUT2D eigenvalue weighted by molar-refractivity contribution is 0.563. The maximum Gasteiger partial charge on any atom is 0.363 e. The predicted octanol–water partition coefficient (Wildman–Crippen LogP) is 3.64. The maximum atomic E-state index is 12.8. The van der Waals surface area contributed by atoms with Crippen molar-refractivity contribution < 1.29 is 12.8 Å². The Kier molecular flexibility index (Phi) is 4.73. The number of para-hydroxylation sites is 1. The highest BCUT2D eigenvalue weighted by atomic mass is 32.2. The summed E-state index contributed by atoms with van der Waals surface area (Å²) in [5, 5.41) is 3.70. The summed E-state index contributed by atoms with van der Waals surface area (Å²) in [7, 11) is -3.93. The van der Waals surface area contributed by atoms with Crippen molar-refractivity contribution >= 4 is 32.4 Å². The number of aryl methyl sites for hydroxylation is 2. The van der Waals surface area contributed by atoms with Crippen molar-refractivity contribution in [2.45, 2.75) is 25.7 Å². The Labute approximate surface area is 151 Å². The first-order valence-electron chi connectivity index (χ1n) is 8.23. The van der Waals surface area contributed by atoms with E-state index in [1.807, 2.05) is 20.8 Å². The monoisotopic (exact) mass is 372 g/mol. The second kappa shape index (κ2) is 6.84. The Morgan fingerprint density at radius 1 is 1.00 bits per heavy atom. The molecular weight excluding hydrogens is 352 g/mol. The van der Waals surface area contributed by atoms with Crippen LogP contribution < -0.4 is 15.7 Å². The number of benzene rings is 2. The van der Waals surface area contributed by atoms with Crippen molar-refractivity contribution in [3.05, 3.63) is 64.0 Å². The summed E-state index contributed by atoms with van der Waals surface area (Å²) in [5.41, 5.74) is 1.78. The minimum absolute atomic E-state index is 0.0932. The average molecular weight is 372 g/mol. The number of nitrogens with one attached hydrogen (secondary N) is 2. The van der Waals surface area contributed by atoms with Crippen LogP contribution in [0.15, 0.2) is 56.6 Å². The van der Waals surface area contributed by atoms with Crippen LogP contribution in [0.25, 0.3) is 11.0 Å². The summed E-state index contributed by atoms with van der Waals surface area (Å²) in [6.07, 6.45) is 0. The molecule has 0 saturated heterocycles. The molecule has 0 radical (unpaired) electrons. The van der Waals surface area contributed by atoms with Gasteiger partial charge in [0.25, 0.3) is 10.0 Å². The smallest absolute Gasteiger partial charge is 0.363 e. The lowest BCUT2D eigenvalue weighted by Crippen LogP contribution is -2.20. The summed E-state index contributed by atoms with van der Waals surface area (Å²) < 4.78 is 33.3. The molecule has 0 aliphatic heterocycles. The highest BCUT2D eigenvalue weighted by molar-refractivity contribution is 7.92. The SMILES string of the molecule is CCNc1c(NS(=O)(=O)c2ccc(C)c(C)c2)c(=O)oc2ccccc12. The highest BCUT2D eigenvalue weighted by Gasteiger charge is 2.21. The van der Waals surface area contributed by atoms with E-state index in [1.165, 1.54) is 6.07 Å². The van der Waals surface area contributed by atoms with Gasteiger partial charge in [-0.3, -0.25) is 4.72 Å². The predicted molar refractivity (Wildman–Crippen MR) is 103 cm³/mol. The van der Waals surface area contributed by atoms with E-state index in [1.54, 1.807) is 36.4 Å². The van der Waals surface area contributed by atoms with Gasteiger partial charge in [0.05, 0.1) is 10.6 Å². The normalized spacial score (nSPS) is 11.5. The fraction of sp³-hybridized carbons (Fsp3) is 0.211. The molecule has 2 N–H and O–H groups in total. The molecule has 3 aromatic rings. The summed E-state index contributed by atoms with van der Waals surface area (Å²) in [6.45, 7) is 6.13. The van der Waals surface area contributed by atoms with Crippen LogP contribution in [0.3, 0.4) is 0 Å². The van der Waals surface area contributed by atoms with Gasteiger partial charge < -0.3 is 9.73 Å². The molecule has 7 heteroatoms. The summed E-state index contributed by atoms with van der Waals surface area (Å²) in [5.74, 6) is 0. The van der Waals surface area contributed by atoms with Gasteiger partial charge in [0.2, 0.25) is 0 Å². The van der Waals surface area contributed by atoms with Gasteiger partial charge in [0.15, 0.2) is 5.69 Å². The van der Waals surface area contributed by atoms with Crippen LogP contribution in [0.2, 0.25) is 0 Å². The van der Waals surface area contributed by atoms with E-state index in [4.69, 9.17) is 4.42 Å². The molecule has 0 aliphatic rings. The first-order valence-corrected chi connectivity index (χ1v) is 9.71. The molecule has 136 valence electrons. The molecule has 1 aromatic heterocycles. The third-order valence-corrected chi connectivity index (χ3v) is 5.54. The third kappa shape index (κ3) is 3.30. The first kappa shape index (κ1) is 18.0. The molecule has 0 saturated carbocycles. The van der Waals surface area contributed by atoms with E-state index in [0.29, 0.717) is 23.2 Å². The second-order valence-corrected chi connectivity index (χ2v) is 7.70. The molecule has 2 aromatic carbocycles. The van der Waals surface area contributed by atoms with Crippen molar-refractivity contribution in [3.63, 3.8) is 0 Å². The lowest BCUT2D eigenvalue weighted by Gasteiger charge is -2.14. The van der Waals surface area contributed by atoms with Gasteiger partial charge >= 0.3 is 5.63 Å². The maximum absolute atomic E-state index is 12.8. The van der Waals surface area contributed by atoms with Gasteiger partial charge in [0, 0.05) is 11.9 Å². The Balaban J connectivity index is 2.15. The number of hydrogen-bond donors (Lipinski definition) is 2. The topological polar surface area (TPSA) is 88.4 Å². The zero-order chi connectivity index (χ0) is 18.9. The molecule has 0 unspecified atom stereocenters. The van der Waals surface area contributed by atoms with Gasteiger partial charge in [-0.15, -0.1) is 0 Å². The Hall–Kier alpha value is -2.80. The van der Waals surface area contributed by atoms with E-state index in [0.717, 1.165) is 11.1 Å². The number of anilines is 2. The first-order chi connectivity index (χ1) is 12.3. The van der Waals surface area contributed by atoms with Gasteiger partial charge in [-0.25, -0.2) is 13.2 Å². The summed E-state index contributed by atoms with van der Waals surface area (Å²) >= 11 is 0. The van der Waals surface area contributed by atoms with Crippen molar-refractivity contribution in [2.75, 3.05) is 16.6 Å². The summed E-state index contributed by atoms with van der Waals surface area (Å²) in [4.78, 5) is 12.5. The average Bonchev–Trinajstić information content (AvgIpc) is 2.60. The number of hydrogen-bond acceptors (Lipinski definition) is 5.